The fraction of sp³-hybridized carbons (Fsp3) is 0.526. The number of hydrogen-bond acceptors (Lipinski definition) is 3. The van der Waals surface area contributed by atoms with Gasteiger partial charge in [-0.05, 0) is 56.2 Å². The van der Waals surface area contributed by atoms with Crippen LogP contribution in [0.1, 0.15) is 51.1 Å². The van der Waals surface area contributed by atoms with Crippen molar-refractivity contribution in [3.05, 3.63) is 33.8 Å². The van der Waals surface area contributed by atoms with Crippen molar-refractivity contribution in [3.63, 3.8) is 0 Å². The molecule has 1 aliphatic carbocycles. The number of carbonyl (C=O) groups is 3. The first-order valence-corrected chi connectivity index (χ1v) is 9.86. The van der Waals surface area contributed by atoms with E-state index < -0.39 is 17.5 Å². The first-order chi connectivity index (χ1) is 12.7. The topological polar surface area (TPSA) is 78.5 Å². The second-order valence-corrected chi connectivity index (χ2v) is 8.38. The van der Waals surface area contributed by atoms with Crippen molar-refractivity contribution >= 4 is 41.0 Å². The van der Waals surface area contributed by atoms with E-state index in [1.54, 1.807) is 25.1 Å². The third-order valence-corrected chi connectivity index (χ3v) is 6.04. The van der Waals surface area contributed by atoms with E-state index in [1.807, 2.05) is 0 Å². The van der Waals surface area contributed by atoms with Crippen LogP contribution >= 0.6 is 23.2 Å². The van der Waals surface area contributed by atoms with Crippen molar-refractivity contribution in [2.24, 2.45) is 5.92 Å². The summed E-state index contributed by atoms with van der Waals surface area (Å²) in [7, 11) is 0. The Balaban J connectivity index is 1.63. The number of amides is 4. The molecule has 1 saturated carbocycles. The first-order valence-electron chi connectivity index (χ1n) is 9.10. The summed E-state index contributed by atoms with van der Waals surface area (Å²) in [5.41, 5.74) is -0.126. The van der Waals surface area contributed by atoms with Gasteiger partial charge in [0.2, 0.25) is 5.91 Å². The molecule has 27 heavy (non-hydrogen) atoms. The fourth-order valence-electron chi connectivity index (χ4n) is 3.77. The van der Waals surface area contributed by atoms with Crippen molar-refractivity contribution in [1.82, 2.24) is 15.5 Å². The predicted octanol–water partition coefficient (Wildman–Crippen LogP) is 3.67. The summed E-state index contributed by atoms with van der Waals surface area (Å²) in [6, 6.07) is 4.15. The van der Waals surface area contributed by atoms with E-state index in [0.29, 0.717) is 34.4 Å². The van der Waals surface area contributed by atoms with E-state index in [0.717, 1.165) is 17.7 Å². The number of benzene rings is 1. The quantitative estimate of drug-likeness (QED) is 0.741. The van der Waals surface area contributed by atoms with Gasteiger partial charge in [0, 0.05) is 10.0 Å². The molecule has 1 saturated heterocycles. The molecule has 0 bridgehead atoms. The van der Waals surface area contributed by atoms with Crippen molar-refractivity contribution in [2.75, 3.05) is 6.54 Å². The first kappa shape index (κ1) is 20.0. The van der Waals surface area contributed by atoms with Gasteiger partial charge in [-0.1, -0.05) is 36.2 Å². The lowest BCUT2D eigenvalue weighted by Gasteiger charge is -2.33. The maximum absolute atomic E-state index is 12.8. The maximum Gasteiger partial charge on any atom is 0.325 e. The molecule has 0 aromatic heterocycles. The van der Waals surface area contributed by atoms with Crippen LogP contribution in [0.4, 0.5) is 4.79 Å². The van der Waals surface area contributed by atoms with Crippen molar-refractivity contribution < 1.29 is 14.4 Å². The molecule has 3 rings (SSSR count). The lowest BCUT2D eigenvalue weighted by atomic mass is 9.77. The number of nitrogens with zero attached hydrogens (tertiary/aromatic N) is 1. The summed E-state index contributed by atoms with van der Waals surface area (Å²) in [4.78, 5) is 38.5. The Hall–Kier alpha value is -1.79. The van der Waals surface area contributed by atoms with E-state index in [9.17, 15) is 14.4 Å². The Kier molecular flexibility index (Phi) is 5.68. The zero-order valence-electron chi connectivity index (χ0n) is 15.4. The monoisotopic (exact) mass is 411 g/mol. The average molecular weight is 412 g/mol. The summed E-state index contributed by atoms with van der Waals surface area (Å²) in [5.74, 6) is -0.173. The van der Waals surface area contributed by atoms with Gasteiger partial charge in [0.1, 0.15) is 12.1 Å². The molecule has 1 atom stereocenters. The number of imide groups is 1. The lowest BCUT2D eigenvalue weighted by molar-refractivity contribution is -0.136. The lowest BCUT2D eigenvalue weighted by Crippen LogP contribution is -2.50. The molecule has 1 spiro atoms. The normalized spacial score (nSPS) is 26.2. The Morgan fingerprint density at radius 1 is 1.33 bits per heavy atom. The van der Waals surface area contributed by atoms with E-state index in [1.165, 1.54) is 0 Å². The highest BCUT2D eigenvalue weighted by Crippen LogP contribution is 2.36. The molecule has 146 valence electrons. The van der Waals surface area contributed by atoms with Gasteiger partial charge in [-0.3, -0.25) is 14.5 Å². The highest BCUT2D eigenvalue weighted by Gasteiger charge is 2.52. The van der Waals surface area contributed by atoms with Crippen LogP contribution in [0.2, 0.25) is 10.0 Å². The summed E-state index contributed by atoms with van der Waals surface area (Å²) in [6.45, 7) is 3.61. The average Bonchev–Trinajstić information content (AvgIpc) is 2.82. The molecule has 4 amide bonds. The number of carbonyl (C=O) groups excluding carboxylic acids is 3. The second-order valence-electron chi connectivity index (χ2n) is 7.54. The summed E-state index contributed by atoms with van der Waals surface area (Å²) in [6.07, 6.45) is 3.01. The smallest absolute Gasteiger partial charge is 0.325 e. The maximum atomic E-state index is 12.8. The number of hydrogen-bond donors (Lipinski definition) is 2. The fourth-order valence-corrected chi connectivity index (χ4v) is 4.35. The van der Waals surface area contributed by atoms with Crippen LogP contribution in [0.15, 0.2) is 18.2 Å². The standard InChI is InChI=1S/C19H23Cl2N3O3/c1-11-5-7-19(8-6-11)17(26)24(18(27)23-19)10-16(25)22-12(2)14-4-3-13(20)9-15(14)21/h3-4,9,11-12H,5-8,10H2,1-2H3,(H,22,25)(H,23,27)/t11?,12-,19?/m1/s1. The number of urea groups is 1. The minimum Gasteiger partial charge on any atom is -0.348 e. The summed E-state index contributed by atoms with van der Waals surface area (Å²) in [5, 5.41) is 6.55. The van der Waals surface area contributed by atoms with Gasteiger partial charge in [0.25, 0.3) is 5.91 Å². The van der Waals surface area contributed by atoms with Crippen molar-refractivity contribution in [3.8, 4) is 0 Å². The van der Waals surface area contributed by atoms with Gasteiger partial charge in [-0.2, -0.15) is 0 Å². The molecule has 1 aromatic carbocycles. The Morgan fingerprint density at radius 3 is 2.63 bits per heavy atom. The van der Waals surface area contributed by atoms with E-state index in [4.69, 9.17) is 23.2 Å². The van der Waals surface area contributed by atoms with Gasteiger partial charge in [0.05, 0.1) is 6.04 Å². The Morgan fingerprint density at radius 2 is 2.00 bits per heavy atom. The third-order valence-electron chi connectivity index (χ3n) is 5.48. The zero-order chi connectivity index (χ0) is 19.8. The van der Waals surface area contributed by atoms with Crippen molar-refractivity contribution in [2.45, 2.75) is 51.1 Å². The number of rotatable bonds is 4. The number of nitrogens with one attached hydrogen (secondary N) is 2. The van der Waals surface area contributed by atoms with Crippen LogP contribution in [0.3, 0.4) is 0 Å². The predicted molar refractivity (Wildman–Crippen MR) is 104 cm³/mol. The van der Waals surface area contributed by atoms with E-state index in [-0.39, 0.29) is 18.5 Å². The van der Waals surface area contributed by atoms with Crippen LogP contribution in [-0.4, -0.2) is 34.8 Å². The van der Waals surface area contributed by atoms with Gasteiger partial charge in [-0.15, -0.1) is 0 Å². The molecule has 2 aliphatic rings. The van der Waals surface area contributed by atoms with E-state index >= 15 is 0 Å². The molecule has 0 unspecified atom stereocenters. The largest absolute Gasteiger partial charge is 0.348 e. The minimum absolute atomic E-state index is 0.299. The summed E-state index contributed by atoms with van der Waals surface area (Å²) >= 11 is 12.1. The van der Waals surface area contributed by atoms with Gasteiger partial charge in [-0.25, -0.2) is 4.79 Å². The minimum atomic E-state index is -0.838. The highest BCUT2D eigenvalue weighted by molar-refractivity contribution is 6.35. The SMILES string of the molecule is CC1CCC2(CC1)NC(=O)N(CC(=O)N[C@H](C)c1ccc(Cl)cc1Cl)C2=O. The van der Waals surface area contributed by atoms with Crippen LogP contribution in [-0.2, 0) is 9.59 Å². The Bertz CT molecular complexity index is 775. The molecule has 2 N–H and O–H groups in total. The van der Waals surface area contributed by atoms with Gasteiger partial charge < -0.3 is 10.6 Å². The molecule has 8 heteroatoms. The van der Waals surface area contributed by atoms with Crippen LogP contribution in [0.25, 0.3) is 0 Å². The van der Waals surface area contributed by atoms with E-state index in [2.05, 4.69) is 17.6 Å². The molecular weight excluding hydrogens is 389 g/mol. The molecule has 6 nitrogen and oxygen atoms in total. The molecule has 0 radical (unpaired) electrons. The van der Waals surface area contributed by atoms with Gasteiger partial charge >= 0.3 is 6.03 Å². The van der Waals surface area contributed by atoms with Crippen LogP contribution < -0.4 is 10.6 Å². The van der Waals surface area contributed by atoms with Crippen LogP contribution in [0.5, 0.6) is 0 Å². The van der Waals surface area contributed by atoms with Gasteiger partial charge in [0.15, 0.2) is 0 Å². The Labute approximate surface area is 168 Å². The zero-order valence-corrected chi connectivity index (χ0v) is 16.9. The molecule has 1 heterocycles. The summed E-state index contributed by atoms with van der Waals surface area (Å²) < 4.78 is 0. The number of halogens is 2. The van der Waals surface area contributed by atoms with Crippen molar-refractivity contribution in [1.29, 1.82) is 0 Å². The highest BCUT2D eigenvalue weighted by atomic mass is 35.5. The third kappa shape index (κ3) is 4.06. The molecule has 2 fully saturated rings. The molecular formula is C19H23Cl2N3O3. The molecule has 1 aliphatic heterocycles. The van der Waals surface area contributed by atoms with Crippen LogP contribution in [0, 0.1) is 5.92 Å². The molecule has 1 aromatic rings. The second kappa shape index (κ2) is 7.68.